The maximum absolute atomic E-state index is 9.19. The number of hydrogen-bond acceptors (Lipinski definition) is 2. The van der Waals surface area contributed by atoms with Gasteiger partial charge in [-0.25, -0.2) is 0 Å². The highest BCUT2D eigenvalue weighted by Crippen LogP contribution is 2.29. The van der Waals surface area contributed by atoms with Crippen LogP contribution >= 0.6 is 11.6 Å². The third kappa shape index (κ3) is 2.97. The fraction of sp³-hybridized carbons (Fsp3) is 0.533. The molecule has 1 fully saturated rings. The van der Waals surface area contributed by atoms with Crippen molar-refractivity contribution in [2.45, 2.75) is 44.6 Å². The van der Waals surface area contributed by atoms with Crippen LogP contribution < -0.4 is 4.90 Å². The lowest BCUT2D eigenvalue weighted by Gasteiger charge is -2.30. The number of anilines is 1. The first-order valence-corrected chi connectivity index (χ1v) is 7.02. The van der Waals surface area contributed by atoms with E-state index in [9.17, 15) is 5.26 Å². The standard InChI is InChI=1S/C15H19ClN2/c1-18(14-6-4-2-3-5-7-14)15-10-13(16)9-8-12(15)11-17/h8-10,14H,2-7H2,1H3. The minimum absolute atomic E-state index is 0.540. The summed E-state index contributed by atoms with van der Waals surface area (Å²) in [6.07, 6.45) is 7.69. The summed E-state index contributed by atoms with van der Waals surface area (Å²) in [5, 5.41) is 9.89. The number of hydrogen-bond donors (Lipinski definition) is 0. The van der Waals surface area contributed by atoms with Crippen LogP contribution in [0.1, 0.15) is 44.1 Å². The molecule has 0 saturated heterocycles. The molecular weight excluding hydrogens is 244 g/mol. The second-order valence-corrected chi connectivity index (χ2v) is 5.47. The van der Waals surface area contributed by atoms with E-state index in [-0.39, 0.29) is 0 Å². The summed E-state index contributed by atoms with van der Waals surface area (Å²) < 4.78 is 0. The molecule has 1 saturated carbocycles. The first-order chi connectivity index (χ1) is 8.72. The molecule has 0 unspecified atom stereocenters. The van der Waals surface area contributed by atoms with Gasteiger partial charge in [0.25, 0.3) is 0 Å². The van der Waals surface area contributed by atoms with E-state index < -0.39 is 0 Å². The second kappa shape index (κ2) is 6.11. The zero-order valence-corrected chi connectivity index (χ0v) is 11.6. The number of rotatable bonds is 2. The Morgan fingerprint density at radius 1 is 1.22 bits per heavy atom. The van der Waals surface area contributed by atoms with Gasteiger partial charge in [-0.15, -0.1) is 0 Å². The van der Waals surface area contributed by atoms with E-state index in [0.717, 1.165) is 5.69 Å². The molecule has 0 atom stereocenters. The van der Waals surface area contributed by atoms with Gasteiger partial charge in [0.1, 0.15) is 6.07 Å². The highest BCUT2D eigenvalue weighted by Gasteiger charge is 2.19. The molecule has 0 bridgehead atoms. The van der Waals surface area contributed by atoms with E-state index >= 15 is 0 Å². The van der Waals surface area contributed by atoms with Gasteiger partial charge in [-0.3, -0.25) is 0 Å². The zero-order valence-electron chi connectivity index (χ0n) is 10.8. The topological polar surface area (TPSA) is 27.0 Å². The third-order valence-corrected chi connectivity index (χ3v) is 4.07. The van der Waals surface area contributed by atoms with Gasteiger partial charge in [0.15, 0.2) is 0 Å². The number of benzene rings is 1. The van der Waals surface area contributed by atoms with Gasteiger partial charge in [0.2, 0.25) is 0 Å². The molecule has 0 amide bonds. The molecule has 3 heteroatoms. The fourth-order valence-electron chi connectivity index (χ4n) is 2.73. The second-order valence-electron chi connectivity index (χ2n) is 5.03. The maximum atomic E-state index is 9.19. The molecule has 1 aliphatic rings. The summed E-state index contributed by atoms with van der Waals surface area (Å²) in [6, 6.07) is 8.30. The summed E-state index contributed by atoms with van der Waals surface area (Å²) in [5.41, 5.74) is 1.68. The quantitative estimate of drug-likeness (QED) is 0.740. The van der Waals surface area contributed by atoms with Crippen LogP contribution in [0, 0.1) is 11.3 Å². The van der Waals surface area contributed by atoms with Crippen molar-refractivity contribution in [2.24, 2.45) is 0 Å². The minimum Gasteiger partial charge on any atom is -0.371 e. The van der Waals surface area contributed by atoms with E-state index in [1.54, 1.807) is 6.07 Å². The van der Waals surface area contributed by atoms with Crippen molar-refractivity contribution in [3.63, 3.8) is 0 Å². The van der Waals surface area contributed by atoms with Crippen molar-refractivity contribution < 1.29 is 0 Å². The largest absolute Gasteiger partial charge is 0.371 e. The van der Waals surface area contributed by atoms with Crippen LogP contribution in [0.2, 0.25) is 5.02 Å². The van der Waals surface area contributed by atoms with Crippen molar-refractivity contribution in [1.82, 2.24) is 0 Å². The van der Waals surface area contributed by atoms with Crippen LogP contribution in [-0.4, -0.2) is 13.1 Å². The summed E-state index contributed by atoms with van der Waals surface area (Å²) in [5.74, 6) is 0. The molecule has 0 spiro atoms. The van der Waals surface area contributed by atoms with Gasteiger partial charge in [0, 0.05) is 18.1 Å². The summed E-state index contributed by atoms with van der Waals surface area (Å²) in [4.78, 5) is 2.25. The summed E-state index contributed by atoms with van der Waals surface area (Å²) >= 11 is 6.05. The Bertz CT molecular complexity index is 442. The Balaban J connectivity index is 2.24. The maximum Gasteiger partial charge on any atom is 0.101 e. The minimum atomic E-state index is 0.540. The Morgan fingerprint density at radius 3 is 2.50 bits per heavy atom. The molecule has 1 aliphatic carbocycles. The van der Waals surface area contributed by atoms with E-state index in [1.807, 2.05) is 12.1 Å². The molecule has 18 heavy (non-hydrogen) atoms. The van der Waals surface area contributed by atoms with E-state index in [4.69, 9.17) is 11.6 Å². The highest BCUT2D eigenvalue weighted by molar-refractivity contribution is 6.30. The fourth-order valence-corrected chi connectivity index (χ4v) is 2.90. The van der Waals surface area contributed by atoms with Crippen LogP contribution in [0.3, 0.4) is 0 Å². The Labute approximate surface area is 114 Å². The first-order valence-electron chi connectivity index (χ1n) is 6.65. The molecule has 2 rings (SSSR count). The van der Waals surface area contributed by atoms with Crippen molar-refractivity contribution in [3.05, 3.63) is 28.8 Å². The number of halogens is 1. The van der Waals surface area contributed by atoms with Crippen LogP contribution in [-0.2, 0) is 0 Å². The molecule has 0 heterocycles. The van der Waals surface area contributed by atoms with Crippen LogP contribution in [0.4, 0.5) is 5.69 Å². The lowest BCUT2D eigenvalue weighted by molar-refractivity contribution is 0.553. The van der Waals surface area contributed by atoms with E-state index in [0.29, 0.717) is 16.6 Å². The predicted octanol–water partition coefficient (Wildman–Crippen LogP) is 4.37. The van der Waals surface area contributed by atoms with E-state index in [1.165, 1.54) is 38.5 Å². The highest BCUT2D eigenvalue weighted by atomic mass is 35.5. The van der Waals surface area contributed by atoms with Gasteiger partial charge in [0.05, 0.1) is 11.3 Å². The molecule has 0 N–H and O–H groups in total. The summed E-state index contributed by atoms with van der Waals surface area (Å²) in [6.45, 7) is 0. The first kappa shape index (κ1) is 13.2. The molecule has 0 radical (unpaired) electrons. The van der Waals surface area contributed by atoms with Crippen LogP contribution in [0.25, 0.3) is 0 Å². The van der Waals surface area contributed by atoms with Crippen molar-refractivity contribution in [3.8, 4) is 6.07 Å². The zero-order chi connectivity index (χ0) is 13.0. The Hall–Kier alpha value is -1.20. The van der Waals surface area contributed by atoms with Crippen molar-refractivity contribution in [2.75, 3.05) is 11.9 Å². The van der Waals surface area contributed by atoms with Gasteiger partial charge in [-0.05, 0) is 31.0 Å². The van der Waals surface area contributed by atoms with Gasteiger partial charge >= 0.3 is 0 Å². The van der Waals surface area contributed by atoms with Gasteiger partial charge in [-0.1, -0.05) is 37.3 Å². The predicted molar refractivity (Wildman–Crippen MR) is 76.1 cm³/mol. The molecule has 1 aromatic carbocycles. The Morgan fingerprint density at radius 2 is 1.89 bits per heavy atom. The van der Waals surface area contributed by atoms with Crippen molar-refractivity contribution in [1.29, 1.82) is 5.26 Å². The average molecular weight is 263 g/mol. The van der Waals surface area contributed by atoms with Gasteiger partial charge < -0.3 is 4.90 Å². The summed E-state index contributed by atoms with van der Waals surface area (Å²) in [7, 11) is 2.09. The molecule has 2 nitrogen and oxygen atoms in total. The number of nitriles is 1. The monoisotopic (exact) mass is 262 g/mol. The molecule has 1 aromatic rings. The van der Waals surface area contributed by atoms with Crippen LogP contribution in [0.5, 0.6) is 0 Å². The lowest BCUT2D eigenvalue weighted by atomic mass is 10.1. The molecule has 0 aliphatic heterocycles. The lowest BCUT2D eigenvalue weighted by Crippen LogP contribution is -2.31. The number of nitrogens with zero attached hydrogens (tertiary/aromatic N) is 2. The third-order valence-electron chi connectivity index (χ3n) is 3.83. The van der Waals surface area contributed by atoms with Crippen LogP contribution in [0.15, 0.2) is 18.2 Å². The molecule has 96 valence electrons. The van der Waals surface area contributed by atoms with Crippen molar-refractivity contribution >= 4 is 17.3 Å². The average Bonchev–Trinajstić information content (AvgIpc) is 2.66. The molecular formula is C15H19ClN2. The smallest absolute Gasteiger partial charge is 0.101 e. The SMILES string of the molecule is CN(c1cc(Cl)ccc1C#N)C1CCCCCC1. The van der Waals surface area contributed by atoms with E-state index in [2.05, 4.69) is 18.0 Å². The van der Waals surface area contributed by atoms with Gasteiger partial charge in [-0.2, -0.15) is 5.26 Å². The Kier molecular flexibility index (Phi) is 4.49. The molecule has 0 aromatic heterocycles. The normalized spacial score (nSPS) is 16.9.